The lowest BCUT2D eigenvalue weighted by atomic mass is 9.90. The number of aliphatic carboxylic acids is 1. The minimum absolute atomic E-state index is 0.0224. The molecule has 1 fully saturated rings. The number of hydrogen-bond donors (Lipinski definition) is 1. The van der Waals surface area contributed by atoms with Gasteiger partial charge in [-0.25, -0.2) is 0 Å². The summed E-state index contributed by atoms with van der Waals surface area (Å²) in [5.41, 5.74) is -0.0224. The number of nitrogens with zero attached hydrogens (tertiary/aromatic N) is 1. The third-order valence-electron chi connectivity index (χ3n) is 2.27. The van der Waals surface area contributed by atoms with Gasteiger partial charge in [-0.15, -0.1) is 0 Å². The number of carboxylic acid groups (broad SMARTS) is 1. The maximum Gasteiger partial charge on any atom is 0.310 e. The summed E-state index contributed by atoms with van der Waals surface area (Å²) in [5, 5.41) is 8.63. The van der Waals surface area contributed by atoms with E-state index in [1.807, 2.05) is 20.8 Å². The Kier molecular flexibility index (Phi) is 2.83. The van der Waals surface area contributed by atoms with Crippen LogP contribution in [0.4, 0.5) is 0 Å². The van der Waals surface area contributed by atoms with Crippen molar-refractivity contribution in [2.45, 2.75) is 27.2 Å². The molecule has 4 heteroatoms. The average Bonchev–Trinajstić information content (AvgIpc) is 1.75. The molecule has 0 bridgehead atoms. The highest BCUT2D eigenvalue weighted by atomic mass is 16.4. The Hall–Kier alpha value is -1.06. The Labute approximate surface area is 83.9 Å². The van der Waals surface area contributed by atoms with Gasteiger partial charge in [0.05, 0.1) is 5.92 Å². The number of carboxylic acids is 1. The van der Waals surface area contributed by atoms with E-state index in [9.17, 15) is 9.59 Å². The fourth-order valence-corrected chi connectivity index (χ4v) is 1.40. The number of carbonyl (C=O) groups is 2. The number of carbonyl (C=O) groups excluding carboxylic acids is 1. The van der Waals surface area contributed by atoms with Crippen molar-refractivity contribution in [3.63, 3.8) is 0 Å². The normalized spacial score (nSPS) is 17.8. The van der Waals surface area contributed by atoms with E-state index >= 15 is 0 Å². The molecule has 1 aliphatic heterocycles. The molecule has 1 saturated heterocycles. The molecule has 0 aliphatic carbocycles. The van der Waals surface area contributed by atoms with E-state index < -0.39 is 5.97 Å². The van der Waals surface area contributed by atoms with Crippen LogP contribution in [0, 0.1) is 11.3 Å². The summed E-state index contributed by atoms with van der Waals surface area (Å²) in [5.74, 6) is -1.08. The molecule has 1 N–H and O–H groups in total. The Morgan fingerprint density at radius 1 is 1.36 bits per heavy atom. The molecule has 0 atom stereocenters. The van der Waals surface area contributed by atoms with Crippen molar-refractivity contribution in [1.82, 2.24) is 4.90 Å². The van der Waals surface area contributed by atoms with E-state index in [1.165, 1.54) is 0 Å². The summed E-state index contributed by atoms with van der Waals surface area (Å²) in [7, 11) is 0. The van der Waals surface area contributed by atoms with Crippen molar-refractivity contribution in [2.24, 2.45) is 11.3 Å². The second-order valence-corrected chi connectivity index (χ2v) is 5.07. The fourth-order valence-electron chi connectivity index (χ4n) is 1.40. The van der Waals surface area contributed by atoms with E-state index in [2.05, 4.69) is 0 Å². The first-order chi connectivity index (χ1) is 6.29. The van der Waals surface area contributed by atoms with Gasteiger partial charge in [-0.2, -0.15) is 0 Å². The molecule has 0 aromatic rings. The minimum Gasteiger partial charge on any atom is -0.481 e. The third kappa shape index (κ3) is 2.72. The molecule has 14 heavy (non-hydrogen) atoms. The Bertz CT molecular complexity index is 249. The second kappa shape index (κ2) is 3.59. The first-order valence-corrected chi connectivity index (χ1v) is 4.80. The Morgan fingerprint density at radius 2 is 1.86 bits per heavy atom. The summed E-state index contributed by atoms with van der Waals surface area (Å²) in [4.78, 5) is 23.7. The average molecular weight is 199 g/mol. The van der Waals surface area contributed by atoms with Crippen LogP contribution in [0.1, 0.15) is 27.2 Å². The lowest BCUT2D eigenvalue weighted by Crippen LogP contribution is -2.53. The quantitative estimate of drug-likeness (QED) is 0.720. The largest absolute Gasteiger partial charge is 0.481 e. The van der Waals surface area contributed by atoms with Crippen LogP contribution in [-0.4, -0.2) is 35.0 Å². The Balaban J connectivity index is 2.34. The molecule has 80 valence electrons. The first kappa shape index (κ1) is 11.0. The van der Waals surface area contributed by atoms with Gasteiger partial charge in [0.1, 0.15) is 0 Å². The highest BCUT2D eigenvalue weighted by Gasteiger charge is 2.36. The molecule has 4 nitrogen and oxygen atoms in total. The zero-order valence-corrected chi connectivity index (χ0v) is 8.91. The van der Waals surface area contributed by atoms with Crippen molar-refractivity contribution in [3.8, 4) is 0 Å². The molecule has 0 saturated carbocycles. The van der Waals surface area contributed by atoms with Gasteiger partial charge >= 0.3 is 5.97 Å². The van der Waals surface area contributed by atoms with Crippen LogP contribution in [0.25, 0.3) is 0 Å². The number of amides is 1. The van der Waals surface area contributed by atoms with Crippen molar-refractivity contribution in [3.05, 3.63) is 0 Å². The van der Waals surface area contributed by atoms with E-state index in [4.69, 9.17) is 5.11 Å². The summed E-state index contributed by atoms with van der Waals surface area (Å²) in [6, 6.07) is 0. The summed E-state index contributed by atoms with van der Waals surface area (Å²) >= 11 is 0. The van der Waals surface area contributed by atoms with E-state index in [-0.39, 0.29) is 17.2 Å². The molecule has 0 radical (unpaired) electrons. The molecule has 1 heterocycles. The molecule has 0 aromatic carbocycles. The van der Waals surface area contributed by atoms with Crippen molar-refractivity contribution < 1.29 is 14.7 Å². The zero-order valence-electron chi connectivity index (χ0n) is 8.91. The number of hydrogen-bond acceptors (Lipinski definition) is 2. The van der Waals surface area contributed by atoms with Crippen LogP contribution in [0.3, 0.4) is 0 Å². The van der Waals surface area contributed by atoms with Gasteiger partial charge in [0.25, 0.3) is 0 Å². The fraction of sp³-hybridized carbons (Fsp3) is 0.800. The molecule has 1 amide bonds. The van der Waals surface area contributed by atoms with Crippen molar-refractivity contribution >= 4 is 11.9 Å². The summed E-state index contributed by atoms with van der Waals surface area (Å²) < 4.78 is 0. The van der Waals surface area contributed by atoms with Gasteiger partial charge in [0.2, 0.25) is 5.91 Å². The van der Waals surface area contributed by atoms with Gasteiger partial charge in [-0.3, -0.25) is 9.59 Å². The van der Waals surface area contributed by atoms with Gasteiger partial charge in [-0.05, 0) is 5.41 Å². The van der Waals surface area contributed by atoms with Crippen LogP contribution >= 0.6 is 0 Å². The van der Waals surface area contributed by atoms with Crippen LogP contribution in [0.5, 0.6) is 0 Å². The standard InChI is InChI=1S/C10H17NO3/c1-10(2,3)4-8(12)11-5-7(6-11)9(13)14/h7H,4-6H2,1-3H3,(H,13,14). The maximum atomic E-state index is 11.5. The smallest absolute Gasteiger partial charge is 0.310 e. The maximum absolute atomic E-state index is 11.5. The number of rotatable bonds is 2. The van der Waals surface area contributed by atoms with Crippen molar-refractivity contribution in [1.29, 1.82) is 0 Å². The van der Waals surface area contributed by atoms with E-state index in [0.29, 0.717) is 19.5 Å². The molecule has 1 aliphatic rings. The SMILES string of the molecule is CC(C)(C)CC(=O)N1CC(C(=O)O)C1. The van der Waals surface area contributed by atoms with Crippen LogP contribution in [-0.2, 0) is 9.59 Å². The second-order valence-electron chi connectivity index (χ2n) is 5.07. The Morgan fingerprint density at radius 3 is 2.21 bits per heavy atom. The van der Waals surface area contributed by atoms with Gasteiger partial charge in [-0.1, -0.05) is 20.8 Å². The van der Waals surface area contributed by atoms with Gasteiger partial charge in [0.15, 0.2) is 0 Å². The minimum atomic E-state index is -0.801. The molecular weight excluding hydrogens is 182 g/mol. The highest BCUT2D eigenvalue weighted by Crippen LogP contribution is 2.23. The predicted octanol–water partition coefficient (Wildman–Crippen LogP) is 0.966. The monoisotopic (exact) mass is 199 g/mol. The highest BCUT2D eigenvalue weighted by molar-refractivity contribution is 5.81. The molecule has 1 rings (SSSR count). The topological polar surface area (TPSA) is 57.6 Å². The third-order valence-corrected chi connectivity index (χ3v) is 2.27. The summed E-state index contributed by atoms with van der Waals surface area (Å²) in [6.45, 7) is 6.76. The molecular formula is C10H17NO3. The lowest BCUT2D eigenvalue weighted by Gasteiger charge is -2.38. The van der Waals surface area contributed by atoms with E-state index in [0.717, 1.165) is 0 Å². The molecule has 0 unspecified atom stereocenters. The van der Waals surface area contributed by atoms with Crippen LogP contribution in [0.2, 0.25) is 0 Å². The lowest BCUT2D eigenvalue weighted by molar-refractivity contribution is -0.153. The van der Waals surface area contributed by atoms with E-state index in [1.54, 1.807) is 4.90 Å². The summed E-state index contributed by atoms with van der Waals surface area (Å²) in [6.07, 6.45) is 0.485. The first-order valence-electron chi connectivity index (χ1n) is 4.80. The zero-order chi connectivity index (χ0) is 10.9. The van der Waals surface area contributed by atoms with Crippen LogP contribution < -0.4 is 0 Å². The van der Waals surface area contributed by atoms with Crippen LogP contribution in [0.15, 0.2) is 0 Å². The van der Waals surface area contributed by atoms with Gasteiger partial charge < -0.3 is 10.0 Å². The molecule has 0 aromatic heterocycles. The van der Waals surface area contributed by atoms with Gasteiger partial charge in [0, 0.05) is 19.5 Å². The predicted molar refractivity (Wildman–Crippen MR) is 51.8 cm³/mol. The number of likely N-dealkylation sites (tertiary alicyclic amines) is 1. The molecule has 0 spiro atoms. The van der Waals surface area contributed by atoms with Crippen molar-refractivity contribution in [2.75, 3.05) is 13.1 Å².